The average molecular weight is 291 g/mol. The van der Waals surface area contributed by atoms with Gasteiger partial charge in [0.1, 0.15) is 5.75 Å². The molecule has 1 aromatic carbocycles. The van der Waals surface area contributed by atoms with Gasteiger partial charge in [0.25, 0.3) is 5.91 Å². The number of hydrogen-bond acceptors (Lipinski definition) is 4. The van der Waals surface area contributed by atoms with Crippen LogP contribution in [0.1, 0.15) is 13.8 Å². The quantitative estimate of drug-likeness (QED) is 0.841. The molecule has 2 rings (SSSR count). The number of nitrogens with one attached hydrogen (secondary N) is 1. The second kappa shape index (κ2) is 6.47. The minimum absolute atomic E-state index is 0.0848. The molecular formula is C15H21N3O3. The molecule has 0 spiro atoms. The summed E-state index contributed by atoms with van der Waals surface area (Å²) in [6, 6.07) is 7.45. The van der Waals surface area contributed by atoms with Crippen LogP contribution in [0.15, 0.2) is 24.3 Å². The molecule has 0 aliphatic carbocycles. The number of amides is 2. The molecule has 1 unspecified atom stereocenters. The molecule has 6 heteroatoms. The van der Waals surface area contributed by atoms with Crippen LogP contribution >= 0.6 is 0 Å². The largest absolute Gasteiger partial charge is 0.477 e. The number of fused-ring (bicyclic) bond motifs is 1. The lowest BCUT2D eigenvalue weighted by Crippen LogP contribution is -2.50. The van der Waals surface area contributed by atoms with E-state index in [9.17, 15) is 9.59 Å². The van der Waals surface area contributed by atoms with Gasteiger partial charge in [-0.1, -0.05) is 26.0 Å². The molecule has 6 nitrogen and oxygen atoms in total. The van der Waals surface area contributed by atoms with Crippen molar-refractivity contribution in [3.05, 3.63) is 24.3 Å². The van der Waals surface area contributed by atoms with Gasteiger partial charge in [-0.2, -0.15) is 0 Å². The molecule has 1 aromatic rings. The first kappa shape index (κ1) is 15.2. The maximum atomic E-state index is 12.5. The molecule has 3 N–H and O–H groups in total. The van der Waals surface area contributed by atoms with E-state index in [-0.39, 0.29) is 18.4 Å². The van der Waals surface area contributed by atoms with Gasteiger partial charge < -0.3 is 20.7 Å². The van der Waals surface area contributed by atoms with Crippen LogP contribution in [0.5, 0.6) is 5.75 Å². The van der Waals surface area contributed by atoms with Crippen molar-refractivity contribution in [1.29, 1.82) is 0 Å². The van der Waals surface area contributed by atoms with Crippen LogP contribution in [0.25, 0.3) is 0 Å². The van der Waals surface area contributed by atoms with Gasteiger partial charge in [-0.25, -0.2) is 0 Å². The van der Waals surface area contributed by atoms with Crippen molar-refractivity contribution in [2.24, 2.45) is 11.7 Å². The van der Waals surface area contributed by atoms with Crippen LogP contribution in [0.2, 0.25) is 0 Å². The zero-order chi connectivity index (χ0) is 15.4. The number of carbonyl (C=O) groups excluding carboxylic acids is 2. The van der Waals surface area contributed by atoms with E-state index in [2.05, 4.69) is 5.32 Å². The van der Waals surface area contributed by atoms with Crippen LogP contribution in [0, 0.1) is 5.92 Å². The number of nitrogens with two attached hydrogens (primary N) is 1. The molecule has 1 atom stereocenters. The standard InChI is InChI=1S/C15H21N3O3/c1-10(2)8-18(9-14(16)19)15(20)13-7-17-11-5-3-4-6-12(11)21-13/h3-6,10,13,17H,7-9H2,1-2H3,(H2,16,19). The van der Waals surface area contributed by atoms with Gasteiger partial charge in [-0.05, 0) is 18.1 Å². The normalized spacial score (nSPS) is 16.6. The number of hydrogen-bond donors (Lipinski definition) is 2. The van der Waals surface area contributed by atoms with Gasteiger partial charge in [0.05, 0.1) is 18.8 Å². The molecule has 1 heterocycles. The predicted molar refractivity (Wildman–Crippen MR) is 80.0 cm³/mol. The number of anilines is 1. The SMILES string of the molecule is CC(C)CN(CC(N)=O)C(=O)C1CNc2ccccc2O1. The highest BCUT2D eigenvalue weighted by Gasteiger charge is 2.30. The number of rotatable bonds is 5. The van der Waals surface area contributed by atoms with Gasteiger partial charge in [0.2, 0.25) is 5.91 Å². The number of ether oxygens (including phenoxy) is 1. The Morgan fingerprint density at radius 3 is 2.81 bits per heavy atom. The Morgan fingerprint density at radius 2 is 2.14 bits per heavy atom. The van der Waals surface area contributed by atoms with Crippen molar-refractivity contribution >= 4 is 17.5 Å². The third-order valence-electron chi connectivity index (χ3n) is 3.15. The molecule has 1 aliphatic heterocycles. The highest BCUT2D eigenvalue weighted by atomic mass is 16.5. The van der Waals surface area contributed by atoms with E-state index < -0.39 is 12.0 Å². The molecule has 0 bridgehead atoms. The maximum Gasteiger partial charge on any atom is 0.265 e. The van der Waals surface area contributed by atoms with Gasteiger partial charge in [0, 0.05) is 6.54 Å². The first-order valence-electron chi connectivity index (χ1n) is 7.04. The number of benzene rings is 1. The highest BCUT2D eigenvalue weighted by molar-refractivity contribution is 5.87. The summed E-state index contributed by atoms with van der Waals surface area (Å²) in [5, 5.41) is 3.17. The third kappa shape index (κ3) is 3.87. The van der Waals surface area contributed by atoms with E-state index in [1.54, 1.807) is 0 Å². The number of nitrogens with zero attached hydrogens (tertiary/aromatic N) is 1. The fourth-order valence-corrected chi connectivity index (χ4v) is 2.32. The molecule has 0 fully saturated rings. The Balaban J connectivity index is 2.09. The van der Waals surface area contributed by atoms with Crippen LogP contribution in [0.3, 0.4) is 0 Å². The highest BCUT2D eigenvalue weighted by Crippen LogP contribution is 2.28. The smallest absolute Gasteiger partial charge is 0.265 e. The van der Waals surface area contributed by atoms with Gasteiger partial charge in [-0.15, -0.1) is 0 Å². The van der Waals surface area contributed by atoms with Gasteiger partial charge in [0.15, 0.2) is 6.10 Å². The van der Waals surface area contributed by atoms with E-state index in [4.69, 9.17) is 10.5 Å². The first-order chi connectivity index (χ1) is 9.97. The Hall–Kier alpha value is -2.24. The zero-order valence-corrected chi connectivity index (χ0v) is 12.3. The predicted octanol–water partition coefficient (Wildman–Crippen LogP) is 0.829. The molecule has 2 amide bonds. The van der Waals surface area contributed by atoms with Crippen molar-refractivity contribution in [3.8, 4) is 5.75 Å². The van der Waals surface area contributed by atoms with Crippen molar-refractivity contribution in [3.63, 3.8) is 0 Å². The molecule has 21 heavy (non-hydrogen) atoms. The topological polar surface area (TPSA) is 84.7 Å². The van der Waals surface area contributed by atoms with Crippen molar-refractivity contribution in [1.82, 2.24) is 4.90 Å². The molecule has 0 aromatic heterocycles. The van der Waals surface area contributed by atoms with Crippen LogP contribution in [0.4, 0.5) is 5.69 Å². The summed E-state index contributed by atoms with van der Waals surface area (Å²) in [4.78, 5) is 25.1. The lowest BCUT2D eigenvalue weighted by Gasteiger charge is -2.31. The summed E-state index contributed by atoms with van der Waals surface area (Å²) < 4.78 is 5.73. The Morgan fingerprint density at radius 1 is 1.43 bits per heavy atom. The van der Waals surface area contributed by atoms with Crippen LogP contribution < -0.4 is 15.8 Å². The van der Waals surface area contributed by atoms with E-state index in [1.165, 1.54) is 4.90 Å². The Labute approximate surface area is 124 Å². The second-order valence-corrected chi connectivity index (χ2v) is 5.56. The molecule has 114 valence electrons. The van der Waals surface area contributed by atoms with E-state index in [0.717, 1.165) is 5.69 Å². The third-order valence-corrected chi connectivity index (χ3v) is 3.15. The fourth-order valence-electron chi connectivity index (χ4n) is 2.32. The molecule has 0 radical (unpaired) electrons. The fraction of sp³-hybridized carbons (Fsp3) is 0.467. The van der Waals surface area contributed by atoms with Crippen molar-refractivity contribution in [2.75, 3.05) is 25.0 Å². The van der Waals surface area contributed by atoms with E-state index >= 15 is 0 Å². The maximum absolute atomic E-state index is 12.5. The minimum atomic E-state index is -0.641. The Kier molecular flexibility index (Phi) is 4.67. The van der Waals surface area contributed by atoms with Crippen molar-refractivity contribution in [2.45, 2.75) is 20.0 Å². The summed E-state index contributed by atoms with van der Waals surface area (Å²) in [6.45, 7) is 4.73. The number of carbonyl (C=O) groups is 2. The summed E-state index contributed by atoms with van der Waals surface area (Å²) >= 11 is 0. The van der Waals surface area contributed by atoms with E-state index in [0.29, 0.717) is 18.8 Å². The van der Waals surface area contributed by atoms with Crippen molar-refractivity contribution < 1.29 is 14.3 Å². The lowest BCUT2D eigenvalue weighted by molar-refractivity contribution is -0.141. The van der Waals surface area contributed by atoms with Gasteiger partial charge in [-0.3, -0.25) is 9.59 Å². The summed E-state index contributed by atoms with van der Waals surface area (Å²) in [5.41, 5.74) is 6.09. The molecule has 0 saturated heterocycles. The monoisotopic (exact) mass is 291 g/mol. The number of primary amides is 1. The van der Waals surface area contributed by atoms with Crippen LogP contribution in [-0.2, 0) is 9.59 Å². The molecule has 1 aliphatic rings. The van der Waals surface area contributed by atoms with Gasteiger partial charge >= 0.3 is 0 Å². The lowest BCUT2D eigenvalue weighted by atomic mass is 10.1. The summed E-state index contributed by atoms with van der Waals surface area (Å²) in [5.74, 6) is 0.153. The minimum Gasteiger partial charge on any atom is -0.477 e. The summed E-state index contributed by atoms with van der Waals surface area (Å²) in [7, 11) is 0. The second-order valence-electron chi connectivity index (χ2n) is 5.56. The average Bonchev–Trinajstić information content (AvgIpc) is 2.44. The summed E-state index contributed by atoms with van der Waals surface area (Å²) in [6.07, 6.45) is -0.641. The first-order valence-corrected chi connectivity index (χ1v) is 7.04. The van der Waals surface area contributed by atoms with E-state index in [1.807, 2.05) is 38.1 Å². The molecule has 0 saturated carbocycles. The molecular weight excluding hydrogens is 270 g/mol. The zero-order valence-electron chi connectivity index (χ0n) is 12.3. The number of para-hydroxylation sites is 2. The van der Waals surface area contributed by atoms with Crippen LogP contribution in [-0.4, -0.2) is 42.5 Å². The Bertz CT molecular complexity index is 531.